The van der Waals surface area contributed by atoms with Gasteiger partial charge in [-0.25, -0.2) is 0 Å². The molecule has 0 saturated heterocycles. The summed E-state index contributed by atoms with van der Waals surface area (Å²) < 4.78 is 0. The van der Waals surface area contributed by atoms with Crippen LogP contribution in [-0.2, 0) is 9.59 Å². The number of aromatic amines is 1. The summed E-state index contributed by atoms with van der Waals surface area (Å²) >= 11 is 0. The first-order chi connectivity index (χ1) is 12.0. The Bertz CT molecular complexity index is 916. The number of carbonyl (C=O) groups is 2. The normalized spacial score (nSPS) is 10.5. The third-order valence-corrected chi connectivity index (χ3v) is 3.69. The van der Waals surface area contributed by atoms with Crippen LogP contribution in [0.4, 0.5) is 17.1 Å². The van der Waals surface area contributed by atoms with Crippen molar-refractivity contribution in [3.63, 3.8) is 0 Å². The maximum atomic E-state index is 12.1. The molecular formula is C18H19N5O2. The molecule has 3 N–H and O–H groups in total. The average molecular weight is 337 g/mol. The number of hydrogen-bond acceptors (Lipinski definition) is 4. The lowest BCUT2D eigenvalue weighted by molar-refractivity contribution is -0.123. The first kappa shape index (κ1) is 16.5. The van der Waals surface area contributed by atoms with E-state index in [4.69, 9.17) is 0 Å². The van der Waals surface area contributed by atoms with E-state index in [1.165, 1.54) is 0 Å². The van der Waals surface area contributed by atoms with E-state index in [1.54, 1.807) is 24.4 Å². The molecule has 3 rings (SSSR count). The minimum atomic E-state index is -0.375. The topological polar surface area (TPSA) is 90.1 Å². The van der Waals surface area contributed by atoms with Gasteiger partial charge in [0.1, 0.15) is 6.42 Å². The van der Waals surface area contributed by atoms with E-state index < -0.39 is 0 Å². The molecule has 7 heteroatoms. The Morgan fingerprint density at radius 2 is 1.76 bits per heavy atom. The van der Waals surface area contributed by atoms with Gasteiger partial charge in [0.25, 0.3) is 0 Å². The molecule has 0 radical (unpaired) electrons. The van der Waals surface area contributed by atoms with Gasteiger partial charge in [0.15, 0.2) is 0 Å². The summed E-state index contributed by atoms with van der Waals surface area (Å²) in [6, 6.07) is 12.8. The van der Waals surface area contributed by atoms with Crippen LogP contribution >= 0.6 is 0 Å². The molecule has 3 aromatic rings. The zero-order chi connectivity index (χ0) is 17.8. The first-order valence-corrected chi connectivity index (χ1v) is 7.81. The van der Waals surface area contributed by atoms with E-state index in [0.29, 0.717) is 11.4 Å². The molecule has 0 atom stereocenters. The highest BCUT2D eigenvalue weighted by molar-refractivity contribution is 6.08. The molecule has 0 aliphatic carbocycles. The van der Waals surface area contributed by atoms with Crippen molar-refractivity contribution < 1.29 is 9.59 Å². The second kappa shape index (κ2) is 7.04. The number of carbonyl (C=O) groups excluding carboxylic acids is 2. The molecule has 0 fully saturated rings. The Labute approximate surface area is 145 Å². The molecule has 2 aromatic carbocycles. The van der Waals surface area contributed by atoms with Crippen LogP contribution < -0.4 is 15.5 Å². The number of aromatic nitrogens is 2. The summed E-state index contributed by atoms with van der Waals surface area (Å²) in [5, 5.41) is 13.2. The maximum absolute atomic E-state index is 12.1. The summed E-state index contributed by atoms with van der Waals surface area (Å²) in [6.45, 7) is 0. The fraction of sp³-hybridized carbons (Fsp3) is 0.167. The van der Waals surface area contributed by atoms with Gasteiger partial charge in [-0.1, -0.05) is 6.07 Å². The summed E-state index contributed by atoms with van der Waals surface area (Å²) in [6.07, 6.45) is 1.45. The molecule has 0 spiro atoms. The molecule has 0 unspecified atom stereocenters. The largest absolute Gasteiger partial charge is 0.378 e. The van der Waals surface area contributed by atoms with Crippen molar-refractivity contribution >= 4 is 39.8 Å². The van der Waals surface area contributed by atoms with Crippen molar-refractivity contribution in [1.82, 2.24) is 10.2 Å². The zero-order valence-corrected chi connectivity index (χ0v) is 14.0. The van der Waals surface area contributed by atoms with Crippen LogP contribution in [0, 0.1) is 0 Å². The Morgan fingerprint density at radius 1 is 1.04 bits per heavy atom. The number of nitrogens with one attached hydrogen (secondary N) is 3. The Hall–Kier alpha value is -3.35. The number of amides is 2. The van der Waals surface area contributed by atoms with Gasteiger partial charge in [-0.15, -0.1) is 0 Å². The van der Waals surface area contributed by atoms with Gasteiger partial charge >= 0.3 is 0 Å². The van der Waals surface area contributed by atoms with Gasteiger partial charge in [0, 0.05) is 36.5 Å². The summed E-state index contributed by atoms with van der Waals surface area (Å²) in [7, 11) is 3.84. The van der Waals surface area contributed by atoms with E-state index in [9.17, 15) is 9.59 Å². The predicted molar refractivity (Wildman–Crippen MR) is 98.7 cm³/mol. The smallest absolute Gasteiger partial charge is 0.233 e. The lowest BCUT2D eigenvalue weighted by atomic mass is 10.2. The number of hydrogen-bond donors (Lipinski definition) is 3. The highest BCUT2D eigenvalue weighted by Gasteiger charge is 2.11. The monoisotopic (exact) mass is 337 g/mol. The number of nitrogens with zero attached hydrogens (tertiary/aromatic N) is 2. The van der Waals surface area contributed by atoms with E-state index in [1.807, 2.05) is 43.3 Å². The molecule has 0 aliphatic heterocycles. The van der Waals surface area contributed by atoms with Gasteiger partial charge in [0.2, 0.25) is 11.8 Å². The molecule has 128 valence electrons. The van der Waals surface area contributed by atoms with Crippen LogP contribution in [0.2, 0.25) is 0 Å². The van der Waals surface area contributed by atoms with Gasteiger partial charge in [-0.2, -0.15) is 5.10 Å². The van der Waals surface area contributed by atoms with E-state index in [2.05, 4.69) is 20.8 Å². The van der Waals surface area contributed by atoms with Crippen molar-refractivity contribution in [3.8, 4) is 0 Å². The van der Waals surface area contributed by atoms with Crippen LogP contribution in [-0.4, -0.2) is 36.1 Å². The fourth-order valence-electron chi connectivity index (χ4n) is 2.43. The lowest BCUT2D eigenvalue weighted by Gasteiger charge is -2.14. The fourth-order valence-corrected chi connectivity index (χ4v) is 2.43. The highest BCUT2D eigenvalue weighted by Crippen LogP contribution is 2.18. The molecule has 0 aliphatic rings. The van der Waals surface area contributed by atoms with E-state index >= 15 is 0 Å². The Balaban J connectivity index is 1.58. The van der Waals surface area contributed by atoms with Crippen molar-refractivity contribution in [3.05, 3.63) is 48.7 Å². The third kappa shape index (κ3) is 4.14. The quantitative estimate of drug-likeness (QED) is 0.624. The number of anilines is 3. The van der Waals surface area contributed by atoms with Gasteiger partial charge in [-0.3, -0.25) is 14.7 Å². The predicted octanol–water partition coefficient (Wildman–Crippen LogP) is 2.60. The molecule has 1 heterocycles. The molecule has 0 bridgehead atoms. The highest BCUT2D eigenvalue weighted by atomic mass is 16.2. The lowest BCUT2D eigenvalue weighted by Crippen LogP contribution is -2.21. The summed E-state index contributed by atoms with van der Waals surface area (Å²) in [5.41, 5.74) is 3.06. The Kier molecular flexibility index (Phi) is 4.65. The van der Waals surface area contributed by atoms with Crippen LogP contribution in [0.5, 0.6) is 0 Å². The van der Waals surface area contributed by atoms with Crippen LogP contribution in [0.3, 0.4) is 0 Å². The number of H-pyrrole nitrogens is 1. The summed E-state index contributed by atoms with van der Waals surface area (Å²) in [5.74, 6) is -0.740. The SMILES string of the molecule is CN(C)c1cccc(NC(=O)CC(=O)Nc2ccc3cn[nH]c3c2)c1. The minimum absolute atomic E-state index is 0.257. The standard InChI is InChI=1S/C18H19N5O2/c1-23(2)15-5-3-4-13(8-15)20-17(24)10-18(25)21-14-7-6-12-11-19-22-16(12)9-14/h3-9,11H,10H2,1-2H3,(H,19,22)(H,20,24)(H,21,25). The van der Waals surface area contributed by atoms with Gasteiger partial charge < -0.3 is 15.5 Å². The minimum Gasteiger partial charge on any atom is -0.378 e. The van der Waals surface area contributed by atoms with Crippen molar-refractivity contribution in [1.29, 1.82) is 0 Å². The first-order valence-electron chi connectivity index (χ1n) is 7.81. The number of fused-ring (bicyclic) bond motifs is 1. The third-order valence-electron chi connectivity index (χ3n) is 3.69. The number of benzene rings is 2. The van der Waals surface area contributed by atoms with Crippen molar-refractivity contribution in [2.45, 2.75) is 6.42 Å². The van der Waals surface area contributed by atoms with Crippen molar-refractivity contribution in [2.75, 3.05) is 29.6 Å². The van der Waals surface area contributed by atoms with Crippen LogP contribution in [0.15, 0.2) is 48.7 Å². The van der Waals surface area contributed by atoms with Gasteiger partial charge in [0.05, 0.1) is 11.7 Å². The molecule has 2 amide bonds. The average Bonchev–Trinajstić information content (AvgIpc) is 3.02. The van der Waals surface area contributed by atoms with E-state index in [-0.39, 0.29) is 18.2 Å². The second-order valence-electron chi connectivity index (χ2n) is 5.89. The molecular weight excluding hydrogens is 318 g/mol. The second-order valence-corrected chi connectivity index (χ2v) is 5.89. The van der Waals surface area contributed by atoms with Crippen LogP contribution in [0.1, 0.15) is 6.42 Å². The summed E-state index contributed by atoms with van der Waals surface area (Å²) in [4.78, 5) is 26.1. The number of rotatable bonds is 5. The van der Waals surface area contributed by atoms with E-state index in [0.717, 1.165) is 16.6 Å². The van der Waals surface area contributed by atoms with Crippen molar-refractivity contribution in [2.24, 2.45) is 0 Å². The molecule has 25 heavy (non-hydrogen) atoms. The van der Waals surface area contributed by atoms with Gasteiger partial charge in [-0.05, 0) is 36.4 Å². The maximum Gasteiger partial charge on any atom is 0.233 e. The van der Waals surface area contributed by atoms with Crippen LogP contribution in [0.25, 0.3) is 10.9 Å². The Morgan fingerprint density at radius 3 is 2.48 bits per heavy atom. The molecule has 0 saturated carbocycles. The molecule has 7 nitrogen and oxygen atoms in total. The molecule has 1 aromatic heterocycles. The zero-order valence-electron chi connectivity index (χ0n) is 14.0.